The SMILES string of the molecule is CCc1c(F)ccc2cc(O)cc(-c3nc4c5c(nc(OCC67CCCN6CC(=C(F)F)C7)nc5c3F)N3CC5CCC(N5)C3CO4)c12. The zero-order valence-corrected chi connectivity index (χ0v) is 26.3. The molecule has 4 saturated heterocycles. The van der Waals surface area contributed by atoms with Crippen LogP contribution in [0.5, 0.6) is 17.6 Å². The molecular weight excluding hydrogens is 628 g/mol. The van der Waals surface area contributed by atoms with Gasteiger partial charge in [0.15, 0.2) is 5.82 Å². The van der Waals surface area contributed by atoms with Gasteiger partial charge in [-0.3, -0.25) is 4.90 Å². The summed E-state index contributed by atoms with van der Waals surface area (Å²) in [5.74, 6) is -0.755. The number of hydrogen-bond acceptors (Lipinski definition) is 9. The first-order chi connectivity index (χ1) is 23.2. The Bertz CT molecular complexity index is 2040. The Balaban J connectivity index is 1.23. The van der Waals surface area contributed by atoms with Crippen molar-refractivity contribution in [3.8, 4) is 28.9 Å². The highest BCUT2D eigenvalue weighted by molar-refractivity contribution is 6.03. The van der Waals surface area contributed by atoms with Gasteiger partial charge in [0, 0.05) is 36.3 Å². The molecule has 5 aliphatic rings. The first kappa shape index (κ1) is 29.9. The molecule has 0 radical (unpaired) electrons. The van der Waals surface area contributed by atoms with Gasteiger partial charge in [0.1, 0.15) is 47.2 Å². The molecule has 2 aromatic heterocycles. The second kappa shape index (κ2) is 10.9. The van der Waals surface area contributed by atoms with Crippen LogP contribution in [0, 0.1) is 11.6 Å². The van der Waals surface area contributed by atoms with Crippen LogP contribution in [0.25, 0.3) is 32.9 Å². The van der Waals surface area contributed by atoms with Crippen LogP contribution in [0.1, 0.15) is 44.6 Å². The van der Waals surface area contributed by atoms with Gasteiger partial charge in [-0.05, 0) is 79.6 Å². The lowest BCUT2D eigenvalue weighted by molar-refractivity contribution is 0.108. The van der Waals surface area contributed by atoms with Gasteiger partial charge in [-0.1, -0.05) is 13.0 Å². The van der Waals surface area contributed by atoms with E-state index in [2.05, 4.69) is 15.2 Å². The predicted molar refractivity (Wildman–Crippen MR) is 171 cm³/mol. The van der Waals surface area contributed by atoms with Gasteiger partial charge in [0.2, 0.25) is 5.88 Å². The fraction of sp³-hybridized carbons (Fsp3) is 0.457. The predicted octanol–water partition coefficient (Wildman–Crippen LogP) is 5.86. The van der Waals surface area contributed by atoms with Crippen molar-refractivity contribution in [3.63, 3.8) is 0 Å². The van der Waals surface area contributed by atoms with E-state index in [0.717, 1.165) is 19.3 Å². The Labute approximate surface area is 273 Å². The summed E-state index contributed by atoms with van der Waals surface area (Å²) in [6.45, 7) is 3.66. The number of phenols is 1. The van der Waals surface area contributed by atoms with Crippen molar-refractivity contribution in [2.75, 3.05) is 37.7 Å². The number of aromatic nitrogens is 3. The summed E-state index contributed by atoms with van der Waals surface area (Å²) >= 11 is 0. The minimum atomic E-state index is -1.65. The molecule has 2 bridgehead atoms. The zero-order valence-electron chi connectivity index (χ0n) is 26.3. The maximum Gasteiger partial charge on any atom is 0.319 e. The summed E-state index contributed by atoms with van der Waals surface area (Å²) in [6, 6.07) is 5.96. The molecule has 4 unspecified atom stereocenters. The summed E-state index contributed by atoms with van der Waals surface area (Å²) in [4.78, 5) is 18.3. The molecule has 7 heterocycles. The molecule has 4 atom stereocenters. The molecule has 13 heteroatoms. The normalized spacial score (nSPS) is 26.1. The average Bonchev–Trinajstić information content (AvgIpc) is 3.73. The van der Waals surface area contributed by atoms with E-state index in [4.69, 9.17) is 19.4 Å². The maximum absolute atomic E-state index is 17.1. The van der Waals surface area contributed by atoms with E-state index in [1.165, 1.54) is 18.2 Å². The molecular formula is C35H34F4N6O3. The van der Waals surface area contributed by atoms with Crippen molar-refractivity contribution in [3.05, 3.63) is 53.1 Å². The molecule has 48 heavy (non-hydrogen) atoms. The van der Waals surface area contributed by atoms with E-state index >= 15 is 8.78 Å². The lowest BCUT2D eigenvalue weighted by atomic mass is 9.94. The topological polar surface area (TPSA) is 95.9 Å². The average molecular weight is 663 g/mol. The summed E-state index contributed by atoms with van der Waals surface area (Å²) < 4.78 is 72.1. The number of aryl methyl sites for hydroxylation is 1. The lowest BCUT2D eigenvalue weighted by Gasteiger charge is -2.40. The van der Waals surface area contributed by atoms with Crippen molar-refractivity contribution in [1.29, 1.82) is 0 Å². The number of halogens is 4. The molecule has 250 valence electrons. The number of benzene rings is 2. The summed E-state index contributed by atoms with van der Waals surface area (Å²) in [7, 11) is 0. The van der Waals surface area contributed by atoms with Crippen LogP contribution in [-0.4, -0.2) is 81.5 Å². The molecule has 2 aromatic carbocycles. The fourth-order valence-electron chi connectivity index (χ4n) is 8.86. The van der Waals surface area contributed by atoms with Crippen LogP contribution in [0.3, 0.4) is 0 Å². The Hall–Kier alpha value is -4.23. The Kier molecular flexibility index (Phi) is 6.78. The lowest BCUT2D eigenvalue weighted by Crippen LogP contribution is -2.60. The third kappa shape index (κ3) is 4.46. The molecule has 2 N–H and O–H groups in total. The molecule has 5 aliphatic heterocycles. The van der Waals surface area contributed by atoms with E-state index in [9.17, 15) is 13.9 Å². The fourth-order valence-corrected chi connectivity index (χ4v) is 8.86. The number of pyridine rings is 1. The van der Waals surface area contributed by atoms with Gasteiger partial charge in [-0.25, -0.2) is 13.8 Å². The molecule has 0 aliphatic carbocycles. The van der Waals surface area contributed by atoms with Crippen molar-refractivity contribution < 1.29 is 32.1 Å². The number of anilines is 1. The molecule has 9 nitrogen and oxygen atoms in total. The van der Waals surface area contributed by atoms with Gasteiger partial charge >= 0.3 is 6.01 Å². The van der Waals surface area contributed by atoms with E-state index in [0.29, 0.717) is 53.5 Å². The van der Waals surface area contributed by atoms with Gasteiger partial charge in [-0.15, -0.1) is 0 Å². The van der Waals surface area contributed by atoms with Crippen molar-refractivity contribution in [2.24, 2.45) is 0 Å². The first-order valence-electron chi connectivity index (χ1n) is 16.6. The smallest absolute Gasteiger partial charge is 0.319 e. The number of ether oxygens (including phenoxy) is 2. The molecule has 9 rings (SSSR count). The van der Waals surface area contributed by atoms with Gasteiger partial charge in [-0.2, -0.15) is 18.7 Å². The van der Waals surface area contributed by atoms with Gasteiger partial charge < -0.3 is 24.8 Å². The van der Waals surface area contributed by atoms with Crippen LogP contribution in [0.4, 0.5) is 23.4 Å². The molecule has 4 fully saturated rings. The van der Waals surface area contributed by atoms with E-state index in [1.54, 1.807) is 6.07 Å². The monoisotopic (exact) mass is 662 g/mol. The highest BCUT2D eigenvalue weighted by Gasteiger charge is 2.49. The summed E-state index contributed by atoms with van der Waals surface area (Å²) in [5, 5.41) is 15.6. The number of rotatable bonds is 5. The number of aromatic hydroxyl groups is 1. The molecule has 4 aromatic rings. The number of nitrogens with zero attached hydrogens (tertiary/aromatic N) is 5. The zero-order chi connectivity index (χ0) is 32.9. The number of fused-ring (bicyclic) bond motifs is 7. The van der Waals surface area contributed by atoms with Crippen molar-refractivity contribution in [2.45, 2.75) is 69.1 Å². The van der Waals surface area contributed by atoms with Crippen molar-refractivity contribution in [1.82, 2.24) is 25.2 Å². The summed E-state index contributed by atoms with van der Waals surface area (Å²) in [5.41, 5.74) is -0.122. The number of nitrogens with one attached hydrogen (secondary N) is 1. The van der Waals surface area contributed by atoms with Gasteiger partial charge in [0.05, 0.1) is 11.6 Å². The second-order valence-electron chi connectivity index (χ2n) is 13.8. The second-order valence-corrected chi connectivity index (χ2v) is 13.8. The van der Waals surface area contributed by atoms with E-state index in [1.807, 2.05) is 11.8 Å². The summed E-state index contributed by atoms with van der Waals surface area (Å²) in [6.07, 6.45) is 2.38. The molecule has 0 spiro atoms. The number of piperazine rings is 1. The minimum Gasteiger partial charge on any atom is -0.508 e. The van der Waals surface area contributed by atoms with Crippen LogP contribution in [0.2, 0.25) is 0 Å². The Morgan fingerprint density at radius 2 is 2.02 bits per heavy atom. The molecule has 0 amide bonds. The number of hydrogen-bond donors (Lipinski definition) is 2. The molecule has 0 saturated carbocycles. The standard InChI is InChI=1S/C35H34F4N6O3/c1-2-21-23(36)6-4-17-10-20(46)11-22(26(17)21)29-28(37)30-27-32(45-14-19-5-7-24(40-19)25(45)15-47-33(27)41-29)43-34(42-30)48-16-35-8-3-9-44(35)13-18(12-35)31(38)39/h4,6,10-11,19,24-25,40,46H,2-3,5,7-9,12-16H2,1H3. The van der Waals surface area contributed by atoms with Crippen LogP contribution < -0.4 is 19.7 Å². The quantitative estimate of drug-likeness (QED) is 0.255. The van der Waals surface area contributed by atoms with E-state index < -0.39 is 23.3 Å². The van der Waals surface area contributed by atoms with Crippen molar-refractivity contribution >= 4 is 27.5 Å². The van der Waals surface area contributed by atoms with Crippen LogP contribution in [0.15, 0.2) is 35.9 Å². The highest BCUT2D eigenvalue weighted by atomic mass is 19.3. The number of phenolic OH excluding ortho intramolecular Hbond substituents is 1. The van der Waals surface area contributed by atoms with E-state index in [-0.39, 0.29) is 84.3 Å². The van der Waals surface area contributed by atoms with Crippen LogP contribution in [-0.2, 0) is 6.42 Å². The third-order valence-corrected chi connectivity index (χ3v) is 11.1. The third-order valence-electron chi connectivity index (χ3n) is 11.1. The highest BCUT2D eigenvalue weighted by Crippen LogP contribution is 2.46. The van der Waals surface area contributed by atoms with Gasteiger partial charge in [0.25, 0.3) is 6.08 Å². The minimum absolute atomic E-state index is 0.0635. The Morgan fingerprint density at radius 3 is 2.85 bits per heavy atom. The van der Waals surface area contributed by atoms with Crippen LogP contribution >= 0.6 is 0 Å². The first-order valence-corrected chi connectivity index (χ1v) is 16.6. The Morgan fingerprint density at radius 1 is 1.15 bits per heavy atom. The largest absolute Gasteiger partial charge is 0.508 e. The maximum atomic E-state index is 17.1.